The number of hydrogen-bond donors (Lipinski definition) is 3. The summed E-state index contributed by atoms with van der Waals surface area (Å²) >= 11 is 0. The molecule has 4 aromatic rings. The Kier molecular flexibility index (Phi) is 5.00. The molecule has 2 aliphatic heterocycles. The second-order valence-electron chi connectivity index (χ2n) is 9.04. The summed E-state index contributed by atoms with van der Waals surface area (Å²) in [5, 5.41) is 16.8. The summed E-state index contributed by atoms with van der Waals surface area (Å²) in [4.78, 5) is 11.6. The highest BCUT2D eigenvalue weighted by atomic mass is 16.3. The fraction of sp³-hybridized carbons (Fsp3) is 0.308. The summed E-state index contributed by atoms with van der Waals surface area (Å²) in [5.74, 6) is 0.836. The SMILES string of the molecule is Cc1ccn2c(-c3ccc(Nc4ccc(N5CCC(O)CC5)cn4)c4c3CNC4)cnc2c1. The average Bonchev–Trinajstić information content (AvgIpc) is 3.48. The van der Waals surface area contributed by atoms with Crippen LogP contribution in [0.2, 0.25) is 0 Å². The van der Waals surface area contributed by atoms with Crippen molar-refractivity contribution in [2.24, 2.45) is 0 Å². The van der Waals surface area contributed by atoms with Gasteiger partial charge in [0.15, 0.2) is 0 Å². The summed E-state index contributed by atoms with van der Waals surface area (Å²) in [5.41, 5.74) is 9.30. The molecular weight excluding hydrogens is 412 g/mol. The Morgan fingerprint density at radius 1 is 1.00 bits per heavy atom. The van der Waals surface area contributed by atoms with Gasteiger partial charge in [-0.25, -0.2) is 9.97 Å². The number of hydrogen-bond acceptors (Lipinski definition) is 6. The molecule has 1 saturated heterocycles. The third-order valence-electron chi connectivity index (χ3n) is 6.82. The van der Waals surface area contributed by atoms with Crippen molar-refractivity contribution in [2.45, 2.75) is 39.0 Å². The van der Waals surface area contributed by atoms with Gasteiger partial charge in [0.2, 0.25) is 0 Å². The van der Waals surface area contributed by atoms with Crippen molar-refractivity contribution < 1.29 is 5.11 Å². The lowest BCUT2D eigenvalue weighted by molar-refractivity contribution is 0.145. The fourth-order valence-electron chi connectivity index (χ4n) is 4.96. The van der Waals surface area contributed by atoms with Gasteiger partial charge >= 0.3 is 0 Å². The van der Waals surface area contributed by atoms with Crippen molar-refractivity contribution in [1.82, 2.24) is 19.7 Å². The zero-order valence-corrected chi connectivity index (χ0v) is 18.8. The Hall–Kier alpha value is -3.42. The van der Waals surface area contributed by atoms with E-state index in [2.05, 4.69) is 73.4 Å². The van der Waals surface area contributed by atoms with Gasteiger partial charge in [-0.15, -0.1) is 0 Å². The minimum Gasteiger partial charge on any atom is -0.393 e. The molecule has 7 nitrogen and oxygen atoms in total. The Morgan fingerprint density at radius 2 is 1.85 bits per heavy atom. The van der Waals surface area contributed by atoms with Crippen LogP contribution in [0.3, 0.4) is 0 Å². The monoisotopic (exact) mass is 440 g/mol. The van der Waals surface area contributed by atoms with Gasteiger partial charge in [-0.3, -0.25) is 4.40 Å². The molecule has 0 unspecified atom stereocenters. The molecule has 33 heavy (non-hydrogen) atoms. The van der Waals surface area contributed by atoms with E-state index in [1.807, 2.05) is 18.5 Å². The first-order valence-corrected chi connectivity index (χ1v) is 11.6. The molecule has 0 amide bonds. The molecule has 3 N–H and O–H groups in total. The van der Waals surface area contributed by atoms with Gasteiger partial charge in [-0.05, 0) is 66.8 Å². The van der Waals surface area contributed by atoms with E-state index in [4.69, 9.17) is 0 Å². The predicted octanol–water partition coefficient (Wildman–Crippen LogP) is 4.01. The van der Waals surface area contributed by atoms with Gasteiger partial charge in [0.05, 0.1) is 29.9 Å². The third-order valence-corrected chi connectivity index (χ3v) is 6.82. The molecule has 0 spiro atoms. The molecule has 2 aliphatic rings. The van der Waals surface area contributed by atoms with Crippen molar-refractivity contribution in [2.75, 3.05) is 23.3 Å². The molecule has 1 fully saturated rings. The minimum atomic E-state index is -0.168. The highest BCUT2D eigenvalue weighted by molar-refractivity contribution is 5.76. The Balaban J connectivity index is 1.27. The van der Waals surface area contributed by atoms with Crippen molar-refractivity contribution in [3.8, 4) is 11.3 Å². The number of piperidine rings is 1. The van der Waals surface area contributed by atoms with Crippen LogP contribution in [0.1, 0.15) is 29.5 Å². The number of aromatic nitrogens is 3. The number of benzene rings is 1. The number of aryl methyl sites for hydroxylation is 1. The van der Waals surface area contributed by atoms with Gasteiger partial charge in [0, 0.05) is 43.6 Å². The van der Waals surface area contributed by atoms with Gasteiger partial charge in [-0.1, -0.05) is 6.07 Å². The lowest BCUT2D eigenvalue weighted by Crippen LogP contribution is -2.35. The van der Waals surface area contributed by atoms with Crippen molar-refractivity contribution in [1.29, 1.82) is 0 Å². The van der Waals surface area contributed by atoms with E-state index in [-0.39, 0.29) is 6.10 Å². The molecule has 0 radical (unpaired) electrons. The lowest BCUT2D eigenvalue weighted by Gasteiger charge is -2.31. The van der Waals surface area contributed by atoms with E-state index in [1.165, 1.54) is 22.3 Å². The maximum absolute atomic E-state index is 9.74. The molecule has 3 aromatic heterocycles. The number of nitrogens with one attached hydrogen (secondary N) is 2. The summed E-state index contributed by atoms with van der Waals surface area (Å²) in [6, 6.07) is 12.7. The van der Waals surface area contributed by atoms with Crippen LogP contribution in [0.25, 0.3) is 16.9 Å². The number of aliphatic hydroxyl groups is 1. The summed E-state index contributed by atoms with van der Waals surface area (Å²) in [6.07, 6.45) is 7.46. The maximum atomic E-state index is 9.74. The molecule has 5 heterocycles. The van der Waals surface area contributed by atoms with E-state index < -0.39 is 0 Å². The number of imidazole rings is 1. The molecule has 0 bridgehead atoms. The number of pyridine rings is 2. The molecule has 0 saturated carbocycles. The predicted molar refractivity (Wildman–Crippen MR) is 131 cm³/mol. The second kappa shape index (κ2) is 8.17. The molecule has 168 valence electrons. The van der Waals surface area contributed by atoms with E-state index >= 15 is 0 Å². The van der Waals surface area contributed by atoms with Crippen molar-refractivity contribution >= 4 is 22.8 Å². The number of fused-ring (bicyclic) bond motifs is 2. The van der Waals surface area contributed by atoms with Crippen LogP contribution in [-0.2, 0) is 13.1 Å². The van der Waals surface area contributed by atoms with Crippen molar-refractivity contribution in [3.05, 3.63) is 71.7 Å². The number of nitrogens with zero attached hydrogens (tertiary/aromatic N) is 4. The van der Waals surface area contributed by atoms with E-state index in [0.717, 1.165) is 67.6 Å². The quantitative estimate of drug-likeness (QED) is 0.445. The largest absolute Gasteiger partial charge is 0.393 e. The van der Waals surface area contributed by atoms with E-state index in [9.17, 15) is 5.11 Å². The highest BCUT2D eigenvalue weighted by Crippen LogP contribution is 2.35. The fourth-order valence-corrected chi connectivity index (χ4v) is 4.96. The molecule has 7 heteroatoms. The normalized spacial score (nSPS) is 16.4. The molecule has 6 rings (SSSR count). The average molecular weight is 441 g/mol. The first-order chi connectivity index (χ1) is 16.2. The first kappa shape index (κ1) is 20.2. The summed E-state index contributed by atoms with van der Waals surface area (Å²) in [6.45, 7) is 5.51. The summed E-state index contributed by atoms with van der Waals surface area (Å²) < 4.78 is 2.16. The highest BCUT2D eigenvalue weighted by Gasteiger charge is 2.22. The van der Waals surface area contributed by atoms with E-state index in [0.29, 0.717) is 0 Å². The molecular formula is C26H28N6O. The zero-order chi connectivity index (χ0) is 22.4. The van der Waals surface area contributed by atoms with Gasteiger partial charge < -0.3 is 20.6 Å². The van der Waals surface area contributed by atoms with E-state index in [1.54, 1.807) is 0 Å². The second-order valence-corrected chi connectivity index (χ2v) is 9.04. The number of rotatable bonds is 4. The zero-order valence-electron chi connectivity index (χ0n) is 18.8. The van der Waals surface area contributed by atoms with Gasteiger partial charge in [0.25, 0.3) is 0 Å². The standard InChI is InChI=1S/C26H28N6O/c1-17-6-11-32-24(16-29-26(32)12-17)20-3-4-23(22-15-27-14-21(20)22)30-25-5-2-18(13-28-25)31-9-7-19(33)8-10-31/h2-6,11-13,16,19,27,33H,7-10,14-15H2,1H3,(H,28,30). The van der Waals surface area contributed by atoms with Crippen LogP contribution in [0.15, 0.2) is 55.0 Å². The van der Waals surface area contributed by atoms with Crippen LogP contribution in [0, 0.1) is 6.92 Å². The van der Waals surface area contributed by atoms with Crippen molar-refractivity contribution in [3.63, 3.8) is 0 Å². The summed E-state index contributed by atoms with van der Waals surface area (Å²) in [7, 11) is 0. The topological polar surface area (TPSA) is 77.7 Å². The van der Waals surface area contributed by atoms with Crippen LogP contribution in [0.4, 0.5) is 17.2 Å². The minimum absolute atomic E-state index is 0.168. The first-order valence-electron chi connectivity index (χ1n) is 11.6. The number of anilines is 3. The Labute approximate surface area is 193 Å². The molecule has 0 aliphatic carbocycles. The Bertz CT molecular complexity index is 1300. The molecule has 1 aromatic carbocycles. The van der Waals surface area contributed by atoms with Crippen LogP contribution < -0.4 is 15.5 Å². The smallest absolute Gasteiger partial charge is 0.137 e. The Morgan fingerprint density at radius 3 is 2.67 bits per heavy atom. The van der Waals surface area contributed by atoms with Crippen LogP contribution >= 0.6 is 0 Å². The van der Waals surface area contributed by atoms with Gasteiger partial charge in [0.1, 0.15) is 11.5 Å². The van der Waals surface area contributed by atoms with Crippen LogP contribution in [0.5, 0.6) is 0 Å². The maximum Gasteiger partial charge on any atom is 0.137 e. The molecule has 0 atom stereocenters. The number of aliphatic hydroxyl groups excluding tert-OH is 1. The van der Waals surface area contributed by atoms with Gasteiger partial charge in [-0.2, -0.15) is 0 Å². The van der Waals surface area contributed by atoms with Crippen LogP contribution in [-0.4, -0.2) is 38.7 Å². The lowest BCUT2D eigenvalue weighted by atomic mass is 9.99. The third kappa shape index (κ3) is 3.73.